The highest BCUT2D eigenvalue weighted by atomic mass is 32.1. The number of rotatable bonds is 3. The first-order chi connectivity index (χ1) is 10.6. The summed E-state index contributed by atoms with van der Waals surface area (Å²) in [6.07, 6.45) is 1.51. The van der Waals surface area contributed by atoms with Crippen LogP contribution in [-0.4, -0.2) is 17.1 Å². The van der Waals surface area contributed by atoms with Crippen molar-refractivity contribution in [1.29, 1.82) is 0 Å². The number of hydrogen-bond donors (Lipinski definition) is 0. The number of fused-ring (bicyclic) bond motifs is 1. The molecule has 22 heavy (non-hydrogen) atoms. The van der Waals surface area contributed by atoms with E-state index in [0.717, 1.165) is 10.2 Å². The zero-order valence-electron chi connectivity index (χ0n) is 11.7. The third-order valence-electron chi connectivity index (χ3n) is 2.95. The lowest BCUT2D eigenvalue weighted by Crippen LogP contribution is -2.22. The molecule has 0 fully saturated rings. The van der Waals surface area contributed by atoms with Crippen molar-refractivity contribution in [2.24, 2.45) is 5.10 Å². The van der Waals surface area contributed by atoms with Gasteiger partial charge in [0.2, 0.25) is 11.0 Å². The maximum absolute atomic E-state index is 12.9. The monoisotopic (exact) mass is 313 g/mol. The van der Waals surface area contributed by atoms with Gasteiger partial charge in [-0.2, -0.15) is 10.1 Å². The maximum atomic E-state index is 12.9. The highest BCUT2D eigenvalue weighted by molar-refractivity contribution is 7.22. The summed E-state index contributed by atoms with van der Waals surface area (Å²) in [4.78, 5) is 16.2. The summed E-state index contributed by atoms with van der Waals surface area (Å²) in [5, 5.41) is 5.92. The molecule has 0 unspecified atom stereocenters. The molecule has 0 radical (unpaired) electrons. The molecule has 0 aliphatic heterocycles. The second-order valence-corrected chi connectivity index (χ2v) is 5.60. The third-order valence-corrected chi connectivity index (χ3v) is 3.97. The normalized spacial score (nSPS) is 11.2. The van der Waals surface area contributed by atoms with Crippen LogP contribution in [0.25, 0.3) is 10.2 Å². The number of aromatic nitrogens is 1. The zero-order chi connectivity index (χ0) is 15.5. The average Bonchev–Trinajstić information content (AvgIpc) is 2.92. The molecule has 3 aromatic rings. The van der Waals surface area contributed by atoms with E-state index in [4.69, 9.17) is 0 Å². The van der Waals surface area contributed by atoms with Crippen LogP contribution >= 0.6 is 11.3 Å². The number of amides is 1. The average molecular weight is 313 g/mol. The van der Waals surface area contributed by atoms with Crippen molar-refractivity contribution >= 4 is 38.8 Å². The van der Waals surface area contributed by atoms with Gasteiger partial charge in [0.1, 0.15) is 5.82 Å². The fraction of sp³-hybridized carbons (Fsp3) is 0.0625. The number of thiazole rings is 1. The van der Waals surface area contributed by atoms with Gasteiger partial charge in [-0.15, -0.1) is 0 Å². The van der Waals surface area contributed by atoms with Crippen molar-refractivity contribution in [2.45, 2.75) is 6.92 Å². The molecule has 2 aromatic carbocycles. The molecule has 1 amide bonds. The van der Waals surface area contributed by atoms with E-state index in [-0.39, 0.29) is 11.7 Å². The van der Waals surface area contributed by atoms with Crippen LogP contribution in [0.4, 0.5) is 9.52 Å². The van der Waals surface area contributed by atoms with Crippen molar-refractivity contribution in [3.8, 4) is 0 Å². The Balaban J connectivity index is 1.92. The van der Waals surface area contributed by atoms with Crippen molar-refractivity contribution in [3.63, 3.8) is 0 Å². The van der Waals surface area contributed by atoms with Gasteiger partial charge in [0, 0.05) is 6.92 Å². The Bertz CT molecular complexity index is 809. The Labute approximate surface area is 130 Å². The predicted octanol–water partition coefficient (Wildman–Crippen LogP) is 3.82. The Morgan fingerprint density at radius 3 is 2.64 bits per heavy atom. The number of benzene rings is 2. The Kier molecular flexibility index (Phi) is 3.93. The molecule has 0 aliphatic rings. The molecule has 0 saturated carbocycles. The quantitative estimate of drug-likeness (QED) is 0.545. The second-order valence-electron chi connectivity index (χ2n) is 4.59. The van der Waals surface area contributed by atoms with Gasteiger partial charge < -0.3 is 0 Å². The van der Waals surface area contributed by atoms with Crippen LogP contribution in [0, 0.1) is 5.82 Å². The van der Waals surface area contributed by atoms with Gasteiger partial charge in [-0.1, -0.05) is 35.6 Å². The van der Waals surface area contributed by atoms with Gasteiger partial charge >= 0.3 is 0 Å². The fourth-order valence-electron chi connectivity index (χ4n) is 1.89. The molecule has 110 valence electrons. The van der Waals surface area contributed by atoms with Crippen molar-refractivity contribution < 1.29 is 9.18 Å². The van der Waals surface area contributed by atoms with Crippen molar-refractivity contribution in [1.82, 2.24) is 4.98 Å². The molecule has 1 heterocycles. The first-order valence-corrected chi connectivity index (χ1v) is 7.41. The summed E-state index contributed by atoms with van der Waals surface area (Å²) < 4.78 is 13.9. The molecule has 0 spiro atoms. The van der Waals surface area contributed by atoms with Crippen molar-refractivity contribution in [3.05, 3.63) is 59.9 Å². The zero-order valence-corrected chi connectivity index (χ0v) is 12.5. The van der Waals surface area contributed by atoms with E-state index in [0.29, 0.717) is 10.7 Å². The first-order valence-electron chi connectivity index (χ1n) is 6.59. The Morgan fingerprint density at radius 2 is 1.95 bits per heavy atom. The van der Waals surface area contributed by atoms with E-state index in [1.807, 2.05) is 24.3 Å². The van der Waals surface area contributed by atoms with E-state index in [9.17, 15) is 9.18 Å². The van der Waals surface area contributed by atoms with E-state index in [1.165, 1.54) is 41.6 Å². The maximum Gasteiger partial charge on any atom is 0.246 e. The largest absolute Gasteiger partial charge is 0.273 e. The van der Waals surface area contributed by atoms with Crippen LogP contribution in [-0.2, 0) is 4.79 Å². The van der Waals surface area contributed by atoms with Gasteiger partial charge in [0.15, 0.2) is 0 Å². The number of carbonyl (C=O) groups excluding carboxylic acids is 1. The van der Waals surface area contributed by atoms with Crippen molar-refractivity contribution in [2.75, 3.05) is 5.01 Å². The molecule has 6 heteroatoms. The molecule has 0 atom stereocenters. The van der Waals surface area contributed by atoms with Gasteiger partial charge in [0.05, 0.1) is 16.4 Å². The lowest BCUT2D eigenvalue weighted by molar-refractivity contribution is -0.116. The minimum Gasteiger partial charge on any atom is -0.273 e. The topological polar surface area (TPSA) is 45.6 Å². The number of nitrogens with zero attached hydrogens (tertiary/aromatic N) is 3. The number of hydrogen-bond acceptors (Lipinski definition) is 4. The fourth-order valence-corrected chi connectivity index (χ4v) is 2.86. The Morgan fingerprint density at radius 1 is 1.23 bits per heavy atom. The van der Waals surface area contributed by atoms with Crippen LogP contribution in [0.5, 0.6) is 0 Å². The summed E-state index contributed by atoms with van der Waals surface area (Å²) in [7, 11) is 0. The molecule has 0 bridgehead atoms. The molecule has 3 rings (SSSR count). The predicted molar refractivity (Wildman–Crippen MR) is 86.8 cm³/mol. The number of hydrazone groups is 1. The van der Waals surface area contributed by atoms with Gasteiger partial charge in [0.25, 0.3) is 0 Å². The molecular weight excluding hydrogens is 301 g/mol. The molecule has 1 aromatic heterocycles. The SMILES string of the molecule is CC(=O)N(N=Cc1ccc(F)cc1)c1nc2ccccc2s1. The summed E-state index contributed by atoms with van der Waals surface area (Å²) in [6, 6.07) is 13.5. The number of halogens is 1. The van der Waals surface area contributed by atoms with Crippen LogP contribution in [0.3, 0.4) is 0 Å². The van der Waals surface area contributed by atoms with Gasteiger partial charge in [-0.05, 0) is 29.8 Å². The molecule has 0 aliphatic carbocycles. The second kappa shape index (κ2) is 6.03. The van der Waals surface area contributed by atoms with E-state index in [2.05, 4.69) is 10.1 Å². The number of anilines is 1. The van der Waals surface area contributed by atoms with E-state index in [1.54, 1.807) is 12.1 Å². The van der Waals surface area contributed by atoms with E-state index < -0.39 is 0 Å². The van der Waals surface area contributed by atoms with Crippen LogP contribution in [0.2, 0.25) is 0 Å². The van der Waals surface area contributed by atoms with E-state index >= 15 is 0 Å². The minimum atomic E-state index is -0.313. The van der Waals surface area contributed by atoms with Crippen LogP contribution < -0.4 is 5.01 Å². The summed E-state index contributed by atoms with van der Waals surface area (Å²) in [6.45, 7) is 1.42. The van der Waals surface area contributed by atoms with Gasteiger partial charge in [-0.25, -0.2) is 9.37 Å². The smallest absolute Gasteiger partial charge is 0.246 e. The standard InChI is InChI=1S/C16H12FN3OS/c1-11(21)20(18-10-12-6-8-13(17)9-7-12)16-19-14-4-2-3-5-15(14)22-16/h2-10H,1H3. The molecule has 0 saturated heterocycles. The molecule has 4 nitrogen and oxygen atoms in total. The number of carbonyl (C=O) groups is 1. The Hall–Kier alpha value is -2.60. The van der Waals surface area contributed by atoms with Gasteiger partial charge in [-0.3, -0.25) is 4.79 Å². The van der Waals surface area contributed by atoms with Crippen LogP contribution in [0.15, 0.2) is 53.6 Å². The highest BCUT2D eigenvalue weighted by Crippen LogP contribution is 2.28. The highest BCUT2D eigenvalue weighted by Gasteiger charge is 2.15. The summed E-state index contributed by atoms with van der Waals surface area (Å²) in [5.74, 6) is -0.552. The minimum absolute atomic E-state index is 0.239. The molecule has 0 N–H and O–H groups in total. The lowest BCUT2D eigenvalue weighted by Gasteiger charge is -2.10. The molecular formula is C16H12FN3OS. The first kappa shape index (κ1) is 14.3. The number of para-hydroxylation sites is 1. The van der Waals surface area contributed by atoms with Crippen LogP contribution in [0.1, 0.15) is 12.5 Å². The third kappa shape index (κ3) is 3.01. The summed E-state index contributed by atoms with van der Waals surface area (Å²) >= 11 is 1.39. The lowest BCUT2D eigenvalue weighted by atomic mass is 10.2. The summed E-state index contributed by atoms with van der Waals surface area (Å²) in [5.41, 5.74) is 1.53.